The number of aryl methyl sites for hydroxylation is 1. The molecule has 0 bridgehead atoms. The van der Waals surface area contributed by atoms with E-state index in [0.717, 1.165) is 0 Å². The molecular weight excluding hydrogens is 285 g/mol. The minimum Gasteiger partial charge on any atom is -0.398 e. The van der Waals surface area contributed by atoms with Gasteiger partial charge in [0.15, 0.2) is 15.7 Å². The lowest BCUT2D eigenvalue weighted by molar-refractivity contribution is 0.577. The molecule has 0 saturated carbocycles. The lowest BCUT2D eigenvalue weighted by atomic mass is 10.1. The van der Waals surface area contributed by atoms with Crippen LogP contribution >= 0.6 is 0 Å². The van der Waals surface area contributed by atoms with Gasteiger partial charge in [0.25, 0.3) is 0 Å². The predicted octanol–water partition coefficient (Wildman–Crippen LogP) is 0.496. The van der Waals surface area contributed by atoms with Gasteiger partial charge in [0, 0.05) is 17.0 Å². The summed E-state index contributed by atoms with van der Waals surface area (Å²) >= 11 is 0. The summed E-state index contributed by atoms with van der Waals surface area (Å²) in [5.74, 6) is -0.262. The molecule has 0 aliphatic heterocycles. The van der Waals surface area contributed by atoms with E-state index in [9.17, 15) is 12.8 Å². The fraction of sp³-hybridized carbons (Fsp3) is 0.364. The number of aromatic nitrogens is 4. The Morgan fingerprint density at radius 1 is 1.40 bits per heavy atom. The first-order chi connectivity index (χ1) is 9.43. The van der Waals surface area contributed by atoms with Gasteiger partial charge < -0.3 is 5.73 Å². The van der Waals surface area contributed by atoms with E-state index in [0.29, 0.717) is 11.3 Å². The molecule has 1 aromatic carbocycles. The second kappa shape index (κ2) is 5.53. The van der Waals surface area contributed by atoms with Crippen LogP contribution in [0.4, 0.5) is 10.1 Å². The number of hydrogen-bond acceptors (Lipinski definition) is 6. The van der Waals surface area contributed by atoms with Crippen LogP contribution < -0.4 is 5.73 Å². The second-order valence-electron chi connectivity index (χ2n) is 4.19. The van der Waals surface area contributed by atoms with E-state index in [1.54, 1.807) is 6.92 Å². The van der Waals surface area contributed by atoms with Crippen molar-refractivity contribution in [3.63, 3.8) is 0 Å². The van der Waals surface area contributed by atoms with Crippen LogP contribution in [0.1, 0.15) is 6.92 Å². The Hall–Kier alpha value is -2.03. The van der Waals surface area contributed by atoms with E-state index < -0.39 is 15.7 Å². The van der Waals surface area contributed by atoms with Gasteiger partial charge in [-0.2, -0.15) is 0 Å². The van der Waals surface area contributed by atoms with E-state index in [1.807, 2.05) is 0 Å². The quantitative estimate of drug-likeness (QED) is 0.806. The zero-order valence-corrected chi connectivity index (χ0v) is 11.6. The molecule has 0 aliphatic rings. The molecule has 0 radical (unpaired) electrons. The van der Waals surface area contributed by atoms with Crippen LogP contribution in [-0.4, -0.2) is 40.1 Å². The summed E-state index contributed by atoms with van der Waals surface area (Å²) in [6.07, 6.45) is 0. The summed E-state index contributed by atoms with van der Waals surface area (Å²) in [6.45, 7) is 1.66. The molecule has 20 heavy (non-hydrogen) atoms. The minimum absolute atomic E-state index is 0.0482. The molecule has 2 aromatic rings. The van der Waals surface area contributed by atoms with Crippen molar-refractivity contribution >= 4 is 15.5 Å². The van der Waals surface area contributed by atoms with Crippen molar-refractivity contribution < 1.29 is 12.8 Å². The SMILES string of the molecule is CCS(=O)(=O)CCn1nnnc1-c1cc(F)ccc1N. The van der Waals surface area contributed by atoms with Crippen molar-refractivity contribution in [2.75, 3.05) is 17.2 Å². The molecular formula is C11H14FN5O2S. The third kappa shape index (κ3) is 3.10. The van der Waals surface area contributed by atoms with Gasteiger partial charge >= 0.3 is 0 Å². The monoisotopic (exact) mass is 299 g/mol. The fourth-order valence-electron chi connectivity index (χ4n) is 1.64. The van der Waals surface area contributed by atoms with Crippen LogP contribution in [0.15, 0.2) is 18.2 Å². The first-order valence-corrected chi connectivity index (χ1v) is 7.77. The third-order valence-corrected chi connectivity index (χ3v) is 4.53. The van der Waals surface area contributed by atoms with Crippen molar-refractivity contribution in [1.29, 1.82) is 0 Å². The molecule has 0 spiro atoms. The van der Waals surface area contributed by atoms with Gasteiger partial charge in [0.1, 0.15) is 5.82 Å². The molecule has 0 aliphatic carbocycles. The zero-order chi connectivity index (χ0) is 14.8. The Morgan fingerprint density at radius 2 is 2.15 bits per heavy atom. The maximum atomic E-state index is 13.3. The first-order valence-electron chi connectivity index (χ1n) is 5.95. The molecule has 0 fully saturated rings. The number of sulfone groups is 1. The summed E-state index contributed by atoms with van der Waals surface area (Å²) in [6, 6.07) is 3.85. The minimum atomic E-state index is -3.13. The van der Waals surface area contributed by atoms with Crippen LogP contribution in [0, 0.1) is 5.82 Å². The molecule has 2 rings (SSSR count). The highest BCUT2D eigenvalue weighted by atomic mass is 32.2. The van der Waals surface area contributed by atoms with Crippen molar-refractivity contribution in [1.82, 2.24) is 20.2 Å². The van der Waals surface area contributed by atoms with Crippen LogP contribution in [0.2, 0.25) is 0 Å². The molecule has 1 heterocycles. The highest BCUT2D eigenvalue weighted by molar-refractivity contribution is 7.91. The number of halogens is 1. The van der Waals surface area contributed by atoms with E-state index >= 15 is 0 Å². The first kappa shape index (κ1) is 14.4. The lowest BCUT2D eigenvalue weighted by Crippen LogP contribution is -2.16. The Kier molecular flexibility index (Phi) is 3.98. The number of anilines is 1. The summed E-state index contributed by atoms with van der Waals surface area (Å²) < 4.78 is 37.6. The average Bonchev–Trinajstić information content (AvgIpc) is 2.87. The predicted molar refractivity (Wildman–Crippen MR) is 72.0 cm³/mol. The molecule has 0 unspecified atom stereocenters. The van der Waals surface area contributed by atoms with E-state index in [4.69, 9.17) is 5.73 Å². The molecule has 0 amide bonds. The van der Waals surface area contributed by atoms with Gasteiger partial charge in [-0.1, -0.05) is 6.92 Å². The summed E-state index contributed by atoms with van der Waals surface area (Å²) in [5, 5.41) is 11.0. The number of nitrogens with zero attached hydrogens (tertiary/aromatic N) is 4. The molecule has 108 valence electrons. The smallest absolute Gasteiger partial charge is 0.184 e. The highest BCUT2D eigenvalue weighted by Crippen LogP contribution is 2.24. The topological polar surface area (TPSA) is 104 Å². The number of nitrogen functional groups attached to an aromatic ring is 1. The van der Waals surface area contributed by atoms with Crippen molar-refractivity contribution in [2.24, 2.45) is 0 Å². The normalized spacial score (nSPS) is 11.7. The maximum absolute atomic E-state index is 13.3. The molecule has 7 nitrogen and oxygen atoms in total. The largest absolute Gasteiger partial charge is 0.398 e. The van der Waals surface area contributed by atoms with Crippen molar-refractivity contribution in [2.45, 2.75) is 13.5 Å². The molecule has 1 aromatic heterocycles. The van der Waals surface area contributed by atoms with Gasteiger partial charge in [0.05, 0.1) is 12.3 Å². The van der Waals surface area contributed by atoms with Crippen molar-refractivity contribution in [3.05, 3.63) is 24.0 Å². The van der Waals surface area contributed by atoms with E-state index in [1.165, 1.54) is 22.9 Å². The third-order valence-electron chi connectivity index (χ3n) is 2.84. The van der Waals surface area contributed by atoms with Crippen LogP contribution in [0.5, 0.6) is 0 Å². The van der Waals surface area contributed by atoms with Gasteiger partial charge in [-0.15, -0.1) is 5.10 Å². The summed E-state index contributed by atoms with van der Waals surface area (Å²) in [4.78, 5) is 0. The number of tetrazole rings is 1. The van der Waals surface area contributed by atoms with Gasteiger partial charge in [0.2, 0.25) is 0 Å². The van der Waals surface area contributed by atoms with Crippen LogP contribution in [0.3, 0.4) is 0 Å². The Balaban J connectivity index is 2.31. The Labute approximate surface area is 115 Å². The van der Waals surface area contributed by atoms with Crippen molar-refractivity contribution in [3.8, 4) is 11.4 Å². The molecule has 0 atom stereocenters. The van der Waals surface area contributed by atoms with Gasteiger partial charge in [-0.05, 0) is 28.6 Å². The molecule has 0 saturated heterocycles. The summed E-state index contributed by atoms with van der Waals surface area (Å²) in [5.41, 5.74) is 6.42. The summed E-state index contributed by atoms with van der Waals surface area (Å²) in [7, 11) is -3.13. The highest BCUT2D eigenvalue weighted by Gasteiger charge is 2.15. The average molecular weight is 299 g/mol. The Morgan fingerprint density at radius 3 is 2.85 bits per heavy atom. The maximum Gasteiger partial charge on any atom is 0.184 e. The van der Waals surface area contributed by atoms with Crippen LogP contribution in [-0.2, 0) is 16.4 Å². The van der Waals surface area contributed by atoms with E-state index in [-0.39, 0.29) is 23.9 Å². The molecule has 2 N–H and O–H groups in total. The van der Waals surface area contributed by atoms with Gasteiger partial charge in [-0.3, -0.25) is 0 Å². The van der Waals surface area contributed by atoms with Crippen LogP contribution in [0.25, 0.3) is 11.4 Å². The number of rotatable bonds is 5. The standard InChI is InChI=1S/C11H14FN5O2S/c1-2-20(18,19)6-5-17-11(14-15-16-17)9-7-8(12)3-4-10(9)13/h3-4,7H,2,5-6,13H2,1H3. The number of hydrogen-bond donors (Lipinski definition) is 1. The van der Waals surface area contributed by atoms with Gasteiger partial charge in [-0.25, -0.2) is 17.5 Å². The fourth-order valence-corrected chi connectivity index (χ4v) is 2.38. The second-order valence-corrected chi connectivity index (χ2v) is 6.67. The lowest BCUT2D eigenvalue weighted by Gasteiger charge is -2.07. The number of nitrogens with two attached hydrogens (primary N) is 1. The molecule has 9 heteroatoms. The zero-order valence-electron chi connectivity index (χ0n) is 10.8. The van der Waals surface area contributed by atoms with E-state index in [2.05, 4.69) is 15.5 Å². The Bertz CT molecular complexity index is 713. The number of benzene rings is 1.